The predicted molar refractivity (Wildman–Crippen MR) is 83.7 cm³/mol. The number of anilines is 1. The number of morpholine rings is 1. The summed E-state index contributed by atoms with van der Waals surface area (Å²) in [6, 6.07) is 0. The van der Waals surface area contributed by atoms with Crippen LogP contribution in [0.4, 0.5) is 5.82 Å². The van der Waals surface area contributed by atoms with Crippen LogP contribution in [0.2, 0.25) is 0 Å². The second kappa shape index (κ2) is 6.56. The van der Waals surface area contributed by atoms with Crippen molar-refractivity contribution >= 4 is 22.8 Å². The van der Waals surface area contributed by atoms with E-state index in [9.17, 15) is 0 Å². The van der Waals surface area contributed by atoms with E-state index >= 15 is 0 Å². The number of ether oxygens (including phenoxy) is 1. The quantitative estimate of drug-likeness (QED) is 0.442. The zero-order chi connectivity index (χ0) is 15.4. The third kappa shape index (κ3) is 3.08. The molecule has 0 unspecified atom stereocenters. The summed E-state index contributed by atoms with van der Waals surface area (Å²) in [7, 11) is 1.85. The van der Waals surface area contributed by atoms with Gasteiger partial charge < -0.3 is 20.7 Å². The van der Waals surface area contributed by atoms with E-state index in [4.69, 9.17) is 10.5 Å². The molecule has 118 valence electrons. The number of nitrogens with two attached hydrogens (primary N) is 1. The first kappa shape index (κ1) is 14.5. The average molecular weight is 304 g/mol. The summed E-state index contributed by atoms with van der Waals surface area (Å²) in [6.45, 7) is 4.22. The average Bonchev–Trinajstić information content (AvgIpc) is 2.94. The lowest BCUT2D eigenvalue weighted by molar-refractivity contribution is 0.0674. The molecule has 0 amide bonds. The van der Waals surface area contributed by atoms with Crippen LogP contribution in [0.25, 0.3) is 11.0 Å². The van der Waals surface area contributed by atoms with Crippen LogP contribution in [-0.2, 0) is 11.8 Å². The Hall–Kier alpha value is -2.42. The second-order valence-corrected chi connectivity index (χ2v) is 4.99. The molecule has 0 aromatic carbocycles. The van der Waals surface area contributed by atoms with E-state index in [1.165, 1.54) is 6.33 Å². The van der Waals surface area contributed by atoms with Crippen LogP contribution in [-0.4, -0.2) is 70.0 Å². The molecule has 0 atom stereocenters. The Bertz CT molecular complexity index is 661. The predicted octanol–water partition coefficient (Wildman–Crippen LogP) is -0.578. The molecule has 2 aromatic heterocycles. The van der Waals surface area contributed by atoms with Gasteiger partial charge in [0.1, 0.15) is 12.1 Å². The van der Waals surface area contributed by atoms with Crippen molar-refractivity contribution in [1.29, 1.82) is 0 Å². The van der Waals surface area contributed by atoms with Crippen LogP contribution in [0.1, 0.15) is 0 Å². The smallest absolute Gasteiger partial charge is 0.191 e. The van der Waals surface area contributed by atoms with Crippen LogP contribution in [0, 0.1) is 0 Å². The first-order valence-corrected chi connectivity index (χ1v) is 7.25. The van der Waals surface area contributed by atoms with Gasteiger partial charge in [0.2, 0.25) is 0 Å². The van der Waals surface area contributed by atoms with Gasteiger partial charge in [0.05, 0.1) is 31.3 Å². The number of nitrogens with zero attached hydrogens (tertiary/aromatic N) is 6. The molecule has 3 rings (SSSR count). The van der Waals surface area contributed by atoms with Gasteiger partial charge in [0.25, 0.3) is 0 Å². The van der Waals surface area contributed by atoms with E-state index in [0.717, 1.165) is 29.9 Å². The molecule has 3 N–H and O–H groups in total. The lowest BCUT2D eigenvalue weighted by atomic mass is 10.4. The van der Waals surface area contributed by atoms with E-state index in [1.807, 2.05) is 11.9 Å². The van der Waals surface area contributed by atoms with E-state index in [1.54, 1.807) is 10.9 Å². The maximum Gasteiger partial charge on any atom is 0.191 e. The Morgan fingerprint density at radius 1 is 1.41 bits per heavy atom. The zero-order valence-electron chi connectivity index (χ0n) is 12.6. The van der Waals surface area contributed by atoms with Crippen LogP contribution in [0.3, 0.4) is 0 Å². The SMILES string of the molecule is Cn1ncc2c(NCCN=C(N)N3CCOCC3)ncnc21. The zero-order valence-corrected chi connectivity index (χ0v) is 12.6. The maximum atomic E-state index is 5.98. The molecule has 22 heavy (non-hydrogen) atoms. The number of guanidine groups is 1. The number of hydrogen-bond donors (Lipinski definition) is 2. The fourth-order valence-corrected chi connectivity index (χ4v) is 2.34. The molecular weight excluding hydrogens is 284 g/mol. The Kier molecular flexibility index (Phi) is 4.33. The van der Waals surface area contributed by atoms with Crippen molar-refractivity contribution in [3.63, 3.8) is 0 Å². The van der Waals surface area contributed by atoms with Gasteiger partial charge in [-0.25, -0.2) is 9.97 Å². The monoisotopic (exact) mass is 304 g/mol. The molecule has 1 fully saturated rings. The van der Waals surface area contributed by atoms with Crippen molar-refractivity contribution in [1.82, 2.24) is 24.6 Å². The maximum absolute atomic E-state index is 5.98. The number of hydrogen-bond acceptors (Lipinski definition) is 6. The highest BCUT2D eigenvalue weighted by molar-refractivity contribution is 5.86. The summed E-state index contributed by atoms with van der Waals surface area (Å²) in [6.07, 6.45) is 3.28. The first-order valence-electron chi connectivity index (χ1n) is 7.25. The lowest BCUT2D eigenvalue weighted by Crippen LogP contribution is -2.45. The number of nitrogens with one attached hydrogen (secondary N) is 1. The van der Waals surface area contributed by atoms with Gasteiger partial charge in [-0.05, 0) is 0 Å². The van der Waals surface area contributed by atoms with E-state index in [2.05, 4.69) is 25.4 Å². The Morgan fingerprint density at radius 2 is 2.23 bits per heavy atom. The summed E-state index contributed by atoms with van der Waals surface area (Å²) in [5, 5.41) is 8.33. The summed E-state index contributed by atoms with van der Waals surface area (Å²) in [4.78, 5) is 14.9. The van der Waals surface area contributed by atoms with Crippen molar-refractivity contribution in [3.8, 4) is 0 Å². The van der Waals surface area contributed by atoms with Gasteiger partial charge in [0, 0.05) is 26.7 Å². The molecule has 9 nitrogen and oxygen atoms in total. The van der Waals surface area contributed by atoms with Crippen LogP contribution < -0.4 is 11.1 Å². The highest BCUT2D eigenvalue weighted by Crippen LogP contribution is 2.17. The third-order valence-electron chi connectivity index (χ3n) is 3.54. The van der Waals surface area contributed by atoms with Gasteiger partial charge >= 0.3 is 0 Å². The lowest BCUT2D eigenvalue weighted by Gasteiger charge is -2.27. The Balaban J connectivity index is 1.56. The summed E-state index contributed by atoms with van der Waals surface area (Å²) in [5.41, 5.74) is 6.78. The van der Waals surface area contributed by atoms with E-state index < -0.39 is 0 Å². The van der Waals surface area contributed by atoms with Gasteiger partial charge in [-0.3, -0.25) is 9.67 Å². The highest BCUT2D eigenvalue weighted by Gasteiger charge is 2.12. The van der Waals surface area contributed by atoms with Crippen molar-refractivity contribution in [2.24, 2.45) is 17.8 Å². The fraction of sp³-hybridized carbons (Fsp3) is 0.538. The van der Waals surface area contributed by atoms with Crippen molar-refractivity contribution in [2.45, 2.75) is 0 Å². The molecule has 0 bridgehead atoms. The molecule has 1 saturated heterocycles. The van der Waals surface area contributed by atoms with Crippen LogP contribution in [0.5, 0.6) is 0 Å². The summed E-state index contributed by atoms with van der Waals surface area (Å²) >= 11 is 0. The van der Waals surface area contributed by atoms with Crippen LogP contribution in [0.15, 0.2) is 17.5 Å². The molecule has 1 aliphatic heterocycles. The molecule has 0 saturated carbocycles. The number of fused-ring (bicyclic) bond motifs is 1. The molecule has 9 heteroatoms. The molecule has 2 aromatic rings. The van der Waals surface area contributed by atoms with Crippen molar-refractivity contribution < 1.29 is 4.74 Å². The second-order valence-electron chi connectivity index (χ2n) is 4.99. The number of rotatable bonds is 4. The largest absolute Gasteiger partial charge is 0.378 e. The molecule has 3 heterocycles. The normalized spacial score (nSPS) is 16.2. The topological polar surface area (TPSA) is 106 Å². The number of aliphatic imine (C=N–C) groups is 1. The molecule has 0 spiro atoms. The molecular formula is C13H20N8O. The number of aromatic nitrogens is 4. The minimum absolute atomic E-state index is 0.569. The highest BCUT2D eigenvalue weighted by atomic mass is 16.5. The summed E-state index contributed by atoms with van der Waals surface area (Å²) in [5.74, 6) is 1.33. The molecule has 0 radical (unpaired) electrons. The summed E-state index contributed by atoms with van der Waals surface area (Å²) < 4.78 is 7.01. The van der Waals surface area contributed by atoms with Crippen LogP contribution >= 0.6 is 0 Å². The molecule has 1 aliphatic rings. The number of aryl methyl sites for hydroxylation is 1. The first-order chi connectivity index (χ1) is 10.8. The Morgan fingerprint density at radius 3 is 3.05 bits per heavy atom. The van der Waals surface area contributed by atoms with Gasteiger partial charge in [-0.15, -0.1) is 0 Å². The standard InChI is InChI=1S/C13H20N8O/c1-20-12-10(8-19-20)11(17-9-18-12)15-2-3-16-13(14)21-4-6-22-7-5-21/h8-9H,2-7H2,1H3,(H2,14,16)(H,15,17,18). The minimum atomic E-state index is 0.569. The third-order valence-corrected chi connectivity index (χ3v) is 3.54. The molecule has 0 aliphatic carbocycles. The van der Waals surface area contributed by atoms with E-state index in [0.29, 0.717) is 32.3 Å². The Labute approximate surface area is 128 Å². The fourth-order valence-electron chi connectivity index (χ4n) is 2.34. The van der Waals surface area contributed by atoms with E-state index in [-0.39, 0.29) is 0 Å². The van der Waals surface area contributed by atoms with Gasteiger partial charge in [-0.1, -0.05) is 0 Å². The van der Waals surface area contributed by atoms with Gasteiger partial charge in [-0.2, -0.15) is 5.10 Å². The minimum Gasteiger partial charge on any atom is -0.378 e. The van der Waals surface area contributed by atoms with Crippen molar-refractivity contribution in [2.75, 3.05) is 44.7 Å². The van der Waals surface area contributed by atoms with Gasteiger partial charge in [0.15, 0.2) is 11.6 Å². The van der Waals surface area contributed by atoms with Crippen molar-refractivity contribution in [3.05, 3.63) is 12.5 Å².